The summed E-state index contributed by atoms with van der Waals surface area (Å²) in [5.41, 5.74) is 1.11. The Morgan fingerprint density at radius 2 is 1.69 bits per heavy atom. The Kier molecular flexibility index (Phi) is 5.59. The molecule has 1 amide bonds. The van der Waals surface area contributed by atoms with Crippen molar-refractivity contribution in [3.05, 3.63) is 60.0 Å². The quantitative estimate of drug-likeness (QED) is 0.692. The largest absolute Gasteiger partial charge is 0.345 e. The molecule has 3 heterocycles. The lowest BCUT2D eigenvalue weighted by Gasteiger charge is -2.20. The molecule has 0 saturated carbocycles. The van der Waals surface area contributed by atoms with Crippen LogP contribution in [0.15, 0.2) is 53.6 Å². The van der Waals surface area contributed by atoms with Gasteiger partial charge in [0, 0.05) is 24.8 Å². The normalized spacial score (nSPS) is 15.9. The van der Waals surface area contributed by atoms with Crippen molar-refractivity contribution in [3.8, 4) is 0 Å². The minimum atomic E-state index is -3.52. The fourth-order valence-electron chi connectivity index (χ4n) is 3.48. The van der Waals surface area contributed by atoms with Crippen LogP contribution in [-0.2, 0) is 16.6 Å². The maximum absolute atomic E-state index is 12.8. The van der Waals surface area contributed by atoms with Crippen molar-refractivity contribution in [2.24, 2.45) is 0 Å². The van der Waals surface area contributed by atoms with Crippen molar-refractivity contribution in [1.82, 2.24) is 24.2 Å². The van der Waals surface area contributed by atoms with Crippen LogP contribution in [0.3, 0.4) is 0 Å². The van der Waals surface area contributed by atoms with Gasteiger partial charge in [-0.2, -0.15) is 4.31 Å². The van der Waals surface area contributed by atoms with Gasteiger partial charge < -0.3 is 5.32 Å². The summed E-state index contributed by atoms with van der Waals surface area (Å²) < 4.78 is 29.0. The van der Waals surface area contributed by atoms with Gasteiger partial charge in [0.2, 0.25) is 10.0 Å². The number of nitrogens with zero attached hydrogens (tertiary/aromatic N) is 4. The Morgan fingerprint density at radius 3 is 2.41 bits per heavy atom. The maximum Gasteiger partial charge on any atom is 0.251 e. The molecule has 1 saturated heterocycles. The average Bonchev–Trinajstić information content (AvgIpc) is 2.95. The summed E-state index contributed by atoms with van der Waals surface area (Å²) in [4.78, 5) is 12.7. The van der Waals surface area contributed by atoms with Crippen molar-refractivity contribution >= 4 is 21.6 Å². The molecule has 0 atom stereocenters. The molecule has 0 unspecified atom stereocenters. The molecule has 0 radical (unpaired) electrons. The molecule has 0 bridgehead atoms. The summed E-state index contributed by atoms with van der Waals surface area (Å²) in [5, 5.41) is 10.9. The van der Waals surface area contributed by atoms with Crippen molar-refractivity contribution in [2.45, 2.75) is 37.1 Å². The van der Waals surface area contributed by atoms with Gasteiger partial charge in [-0.05, 0) is 49.2 Å². The first-order valence-corrected chi connectivity index (χ1v) is 11.2. The zero-order valence-electron chi connectivity index (χ0n) is 16.0. The summed E-state index contributed by atoms with van der Waals surface area (Å²) >= 11 is 0. The number of hydrogen-bond donors (Lipinski definition) is 1. The predicted molar refractivity (Wildman–Crippen MR) is 108 cm³/mol. The predicted octanol–water partition coefficient (Wildman–Crippen LogP) is 2.22. The summed E-state index contributed by atoms with van der Waals surface area (Å²) in [6, 6.07) is 11.7. The number of aromatic nitrogens is 3. The van der Waals surface area contributed by atoms with Crippen LogP contribution in [-0.4, -0.2) is 46.3 Å². The van der Waals surface area contributed by atoms with E-state index in [9.17, 15) is 13.2 Å². The van der Waals surface area contributed by atoms with Crippen LogP contribution in [0.1, 0.15) is 41.9 Å². The van der Waals surface area contributed by atoms with Gasteiger partial charge in [0.15, 0.2) is 11.5 Å². The Labute approximate surface area is 169 Å². The molecule has 1 aliphatic rings. The van der Waals surface area contributed by atoms with Crippen LogP contribution in [0.2, 0.25) is 0 Å². The number of pyridine rings is 1. The van der Waals surface area contributed by atoms with E-state index in [1.54, 1.807) is 20.8 Å². The topological polar surface area (TPSA) is 96.7 Å². The molecule has 4 rings (SSSR count). The lowest BCUT2D eigenvalue weighted by molar-refractivity contribution is 0.0949. The molecule has 1 N–H and O–H groups in total. The second kappa shape index (κ2) is 8.30. The molecule has 1 aromatic carbocycles. The number of hydrogen-bond acceptors (Lipinski definition) is 5. The fourth-order valence-corrected chi connectivity index (χ4v) is 5.00. The lowest BCUT2D eigenvalue weighted by Crippen LogP contribution is -2.32. The van der Waals surface area contributed by atoms with Crippen molar-refractivity contribution in [3.63, 3.8) is 0 Å². The van der Waals surface area contributed by atoms with Gasteiger partial charge in [0.25, 0.3) is 5.91 Å². The molecule has 3 aromatic rings. The number of rotatable bonds is 5. The van der Waals surface area contributed by atoms with Gasteiger partial charge in [0.1, 0.15) is 0 Å². The van der Waals surface area contributed by atoms with E-state index in [-0.39, 0.29) is 17.3 Å². The third kappa shape index (κ3) is 4.15. The molecular weight excluding hydrogens is 390 g/mol. The van der Waals surface area contributed by atoms with E-state index in [1.807, 2.05) is 24.4 Å². The van der Waals surface area contributed by atoms with Crippen LogP contribution >= 0.6 is 0 Å². The SMILES string of the molecule is O=C(NCc1nnc2ccccn12)c1ccc(S(=O)(=O)N2CCCCCC2)cc1. The first-order chi connectivity index (χ1) is 14.1. The number of benzene rings is 1. The number of sulfonamides is 1. The van der Waals surface area contributed by atoms with E-state index in [2.05, 4.69) is 15.5 Å². The van der Waals surface area contributed by atoms with Crippen molar-refractivity contribution in [2.75, 3.05) is 13.1 Å². The highest BCUT2D eigenvalue weighted by molar-refractivity contribution is 7.89. The minimum absolute atomic E-state index is 0.220. The molecule has 29 heavy (non-hydrogen) atoms. The van der Waals surface area contributed by atoms with E-state index in [1.165, 1.54) is 12.1 Å². The van der Waals surface area contributed by atoms with Gasteiger partial charge in [-0.3, -0.25) is 9.20 Å². The van der Waals surface area contributed by atoms with Gasteiger partial charge >= 0.3 is 0 Å². The third-order valence-corrected chi connectivity index (χ3v) is 7.02. The molecule has 1 fully saturated rings. The lowest BCUT2D eigenvalue weighted by atomic mass is 10.2. The van der Waals surface area contributed by atoms with E-state index in [4.69, 9.17) is 0 Å². The van der Waals surface area contributed by atoms with Gasteiger partial charge in [-0.15, -0.1) is 10.2 Å². The van der Waals surface area contributed by atoms with Gasteiger partial charge in [0.05, 0.1) is 11.4 Å². The van der Waals surface area contributed by atoms with Crippen molar-refractivity contribution in [1.29, 1.82) is 0 Å². The Morgan fingerprint density at radius 1 is 0.966 bits per heavy atom. The molecular formula is C20H23N5O3S. The second-order valence-corrected chi connectivity index (χ2v) is 9.01. The highest BCUT2D eigenvalue weighted by Crippen LogP contribution is 2.20. The Bertz CT molecular complexity index is 1100. The number of carbonyl (C=O) groups excluding carboxylic acids is 1. The van der Waals surface area contributed by atoms with Crippen molar-refractivity contribution < 1.29 is 13.2 Å². The molecule has 0 spiro atoms. The van der Waals surface area contributed by atoms with Crippen LogP contribution in [0.5, 0.6) is 0 Å². The number of amides is 1. The molecule has 2 aromatic heterocycles. The van der Waals surface area contributed by atoms with Crippen LogP contribution in [0, 0.1) is 0 Å². The molecule has 9 heteroatoms. The Hall–Kier alpha value is -2.78. The number of fused-ring (bicyclic) bond motifs is 1. The summed E-state index contributed by atoms with van der Waals surface area (Å²) in [6.45, 7) is 1.32. The van der Waals surface area contributed by atoms with Crippen LogP contribution in [0.25, 0.3) is 5.65 Å². The minimum Gasteiger partial charge on any atom is -0.345 e. The van der Waals surface area contributed by atoms with Gasteiger partial charge in [-0.25, -0.2) is 8.42 Å². The van der Waals surface area contributed by atoms with Gasteiger partial charge in [-0.1, -0.05) is 18.9 Å². The van der Waals surface area contributed by atoms with Crippen LogP contribution in [0.4, 0.5) is 0 Å². The van der Waals surface area contributed by atoms with Crippen LogP contribution < -0.4 is 5.32 Å². The zero-order valence-corrected chi connectivity index (χ0v) is 16.8. The van der Waals surface area contributed by atoms with E-state index >= 15 is 0 Å². The monoisotopic (exact) mass is 413 g/mol. The van der Waals surface area contributed by atoms with E-state index < -0.39 is 10.0 Å². The highest BCUT2D eigenvalue weighted by Gasteiger charge is 2.25. The summed E-state index contributed by atoms with van der Waals surface area (Å²) in [7, 11) is -3.52. The average molecular weight is 414 g/mol. The molecule has 1 aliphatic heterocycles. The fraction of sp³-hybridized carbons (Fsp3) is 0.350. The Balaban J connectivity index is 1.43. The first kappa shape index (κ1) is 19.5. The summed E-state index contributed by atoms with van der Waals surface area (Å²) in [6.07, 6.45) is 5.73. The first-order valence-electron chi connectivity index (χ1n) is 9.73. The molecule has 152 valence electrons. The third-order valence-electron chi connectivity index (χ3n) is 5.11. The number of carbonyl (C=O) groups is 1. The highest BCUT2D eigenvalue weighted by atomic mass is 32.2. The molecule has 8 nitrogen and oxygen atoms in total. The van der Waals surface area contributed by atoms with E-state index in [0.29, 0.717) is 30.1 Å². The molecule has 0 aliphatic carbocycles. The summed E-state index contributed by atoms with van der Waals surface area (Å²) in [5.74, 6) is 0.325. The maximum atomic E-state index is 12.8. The smallest absolute Gasteiger partial charge is 0.251 e. The number of nitrogens with one attached hydrogen (secondary N) is 1. The second-order valence-electron chi connectivity index (χ2n) is 7.07. The zero-order chi connectivity index (χ0) is 20.3. The standard InChI is InChI=1S/C20H23N5O3S/c26-20(21-15-19-23-22-18-7-3-6-14-25(18)19)16-8-10-17(11-9-16)29(27,28)24-12-4-1-2-5-13-24/h3,6-11,14H,1-2,4-5,12-13,15H2,(H,21,26). The van der Waals surface area contributed by atoms with E-state index in [0.717, 1.165) is 25.7 Å².